The molecule has 0 bridgehead atoms. The predicted octanol–water partition coefficient (Wildman–Crippen LogP) is 3.30. The average Bonchev–Trinajstić information content (AvgIpc) is 2.65. The summed E-state index contributed by atoms with van der Waals surface area (Å²) in [4.78, 5) is 24.2. The highest BCUT2D eigenvalue weighted by molar-refractivity contribution is 6.07. The number of nitrogens with one attached hydrogen (secondary N) is 2. The molecule has 0 aromatic heterocycles. The first kappa shape index (κ1) is 19.7. The minimum Gasteiger partial charge on any atom is -0.434 e. The van der Waals surface area contributed by atoms with Crippen LogP contribution >= 0.6 is 0 Å². The Morgan fingerprint density at radius 2 is 1.85 bits per heavy atom. The highest BCUT2D eigenvalue weighted by Gasteiger charge is 2.12. The quantitative estimate of drug-likeness (QED) is 0.581. The maximum Gasteiger partial charge on any atom is 0.387 e. The lowest BCUT2D eigenvalue weighted by Crippen LogP contribution is -2.25. The fraction of sp³-hybridized carbons (Fsp3) is 0.100. The van der Waals surface area contributed by atoms with Gasteiger partial charge in [0.25, 0.3) is 5.91 Å². The summed E-state index contributed by atoms with van der Waals surface area (Å²) < 4.78 is 29.2. The van der Waals surface area contributed by atoms with E-state index < -0.39 is 18.4 Å². The smallest absolute Gasteiger partial charge is 0.387 e. The van der Waals surface area contributed by atoms with Crippen molar-refractivity contribution in [3.8, 4) is 18.1 Å². The van der Waals surface area contributed by atoms with Crippen LogP contribution in [-0.2, 0) is 4.79 Å². The van der Waals surface area contributed by atoms with Gasteiger partial charge in [-0.05, 0) is 24.3 Å². The molecule has 2 aromatic carbocycles. The van der Waals surface area contributed by atoms with Gasteiger partial charge in [0.05, 0.1) is 17.8 Å². The van der Waals surface area contributed by atoms with Gasteiger partial charge in [0.2, 0.25) is 5.91 Å². The van der Waals surface area contributed by atoms with Crippen LogP contribution < -0.4 is 15.4 Å². The van der Waals surface area contributed by atoms with Crippen molar-refractivity contribution >= 4 is 23.6 Å². The fourth-order valence-corrected chi connectivity index (χ4v) is 2.18. The summed E-state index contributed by atoms with van der Waals surface area (Å²) in [6, 6.07) is 12.5. The van der Waals surface area contributed by atoms with Crippen molar-refractivity contribution in [2.75, 3.05) is 11.9 Å². The number of terminal acetylenes is 1. The summed E-state index contributed by atoms with van der Waals surface area (Å²) in [6.07, 6.45) is 7.61. The fourth-order valence-electron chi connectivity index (χ4n) is 2.18. The lowest BCUT2D eigenvalue weighted by Gasteiger charge is -2.09. The Hall–Kier alpha value is -3.66. The first-order valence-electron chi connectivity index (χ1n) is 7.85. The maximum absolute atomic E-state index is 12.4. The molecule has 0 aliphatic rings. The zero-order valence-corrected chi connectivity index (χ0v) is 14.1. The molecule has 27 heavy (non-hydrogen) atoms. The number of halogens is 2. The van der Waals surface area contributed by atoms with E-state index in [4.69, 9.17) is 6.42 Å². The van der Waals surface area contributed by atoms with E-state index in [1.165, 1.54) is 24.3 Å². The molecule has 138 valence electrons. The summed E-state index contributed by atoms with van der Waals surface area (Å²) in [7, 11) is 0. The molecule has 2 aromatic rings. The Bertz CT molecular complexity index is 889. The number of ether oxygens (including phenoxy) is 1. The van der Waals surface area contributed by atoms with Gasteiger partial charge in [-0.1, -0.05) is 36.3 Å². The van der Waals surface area contributed by atoms with Gasteiger partial charge >= 0.3 is 6.61 Å². The Kier molecular flexibility index (Phi) is 7.08. The maximum atomic E-state index is 12.4. The third-order valence-corrected chi connectivity index (χ3v) is 3.33. The third-order valence-electron chi connectivity index (χ3n) is 3.33. The zero-order valence-electron chi connectivity index (χ0n) is 14.1. The van der Waals surface area contributed by atoms with Gasteiger partial charge in [0.15, 0.2) is 0 Å². The van der Waals surface area contributed by atoms with Gasteiger partial charge in [-0.2, -0.15) is 8.78 Å². The number of hydrogen-bond donors (Lipinski definition) is 2. The van der Waals surface area contributed by atoms with Crippen LogP contribution in [-0.4, -0.2) is 25.0 Å². The van der Waals surface area contributed by atoms with Crippen molar-refractivity contribution in [1.82, 2.24) is 5.32 Å². The van der Waals surface area contributed by atoms with E-state index in [1.807, 2.05) is 0 Å². The second-order valence-corrected chi connectivity index (χ2v) is 5.17. The third kappa shape index (κ3) is 5.97. The van der Waals surface area contributed by atoms with Crippen molar-refractivity contribution < 1.29 is 23.1 Å². The van der Waals surface area contributed by atoms with Gasteiger partial charge in [0, 0.05) is 11.6 Å². The molecule has 0 heterocycles. The zero-order chi connectivity index (χ0) is 19.6. The topological polar surface area (TPSA) is 67.4 Å². The lowest BCUT2D eigenvalue weighted by atomic mass is 10.1. The van der Waals surface area contributed by atoms with Crippen molar-refractivity contribution in [2.45, 2.75) is 6.61 Å². The molecule has 0 saturated carbocycles. The van der Waals surface area contributed by atoms with Crippen molar-refractivity contribution in [3.05, 3.63) is 65.7 Å². The van der Waals surface area contributed by atoms with E-state index in [0.717, 1.165) is 6.08 Å². The van der Waals surface area contributed by atoms with Crippen LogP contribution in [0.5, 0.6) is 5.75 Å². The van der Waals surface area contributed by atoms with Crippen LogP contribution in [0.3, 0.4) is 0 Å². The number of amides is 2. The van der Waals surface area contributed by atoms with Crippen LogP contribution in [0.1, 0.15) is 15.9 Å². The minimum absolute atomic E-state index is 0.0504. The molecule has 0 saturated heterocycles. The average molecular weight is 370 g/mol. The molecule has 2 N–H and O–H groups in total. The first-order valence-corrected chi connectivity index (χ1v) is 7.85. The molecule has 7 heteroatoms. The van der Waals surface area contributed by atoms with Crippen molar-refractivity contribution in [2.24, 2.45) is 0 Å². The van der Waals surface area contributed by atoms with E-state index in [1.54, 1.807) is 30.3 Å². The van der Waals surface area contributed by atoms with Gasteiger partial charge in [-0.3, -0.25) is 9.59 Å². The minimum atomic E-state index is -2.97. The van der Waals surface area contributed by atoms with Crippen LogP contribution in [0.2, 0.25) is 0 Å². The Labute approximate surface area is 155 Å². The second-order valence-electron chi connectivity index (χ2n) is 5.17. The monoisotopic (exact) mass is 370 g/mol. The SMILES string of the molecule is C#CCNC(=O)c1ccccc1NC(=O)/C=C/c1ccccc1OC(F)F. The Balaban J connectivity index is 2.12. The van der Waals surface area contributed by atoms with Crippen LogP contribution in [0.4, 0.5) is 14.5 Å². The molecule has 0 fully saturated rings. The standard InChI is InChI=1S/C20H16F2N2O3/c1-2-13-23-19(26)15-8-4-5-9-16(15)24-18(25)12-11-14-7-3-6-10-17(14)27-20(21)22/h1,3-12,20H,13H2,(H,23,26)(H,24,25)/b12-11+. The summed E-state index contributed by atoms with van der Waals surface area (Å²) in [5, 5.41) is 5.08. The molecule has 0 unspecified atom stereocenters. The number of rotatable bonds is 7. The van der Waals surface area contributed by atoms with E-state index in [-0.39, 0.29) is 17.9 Å². The molecule has 2 amide bonds. The number of para-hydroxylation sites is 2. The van der Waals surface area contributed by atoms with Gasteiger partial charge in [-0.25, -0.2) is 0 Å². The van der Waals surface area contributed by atoms with Crippen LogP contribution in [0.25, 0.3) is 6.08 Å². The molecule has 0 spiro atoms. The number of hydrogen-bond acceptors (Lipinski definition) is 3. The number of benzene rings is 2. The van der Waals surface area contributed by atoms with Crippen LogP contribution in [0.15, 0.2) is 54.6 Å². The summed E-state index contributed by atoms with van der Waals surface area (Å²) in [5.74, 6) is 1.27. The largest absolute Gasteiger partial charge is 0.434 e. The van der Waals surface area contributed by atoms with E-state index >= 15 is 0 Å². The van der Waals surface area contributed by atoms with Gasteiger partial charge in [0.1, 0.15) is 5.75 Å². The number of anilines is 1. The molecule has 0 radical (unpaired) electrons. The molecular formula is C20H16F2N2O3. The molecule has 0 atom stereocenters. The second kappa shape index (κ2) is 9.73. The molecule has 0 aliphatic heterocycles. The molecule has 2 rings (SSSR count). The van der Waals surface area contributed by atoms with E-state index in [2.05, 4.69) is 21.3 Å². The highest BCUT2D eigenvalue weighted by Crippen LogP contribution is 2.22. The Morgan fingerprint density at radius 1 is 1.15 bits per heavy atom. The number of carbonyl (C=O) groups excluding carboxylic acids is 2. The van der Waals surface area contributed by atoms with Gasteiger partial charge < -0.3 is 15.4 Å². The first-order chi connectivity index (χ1) is 13.0. The lowest BCUT2D eigenvalue weighted by molar-refractivity contribution is -0.111. The predicted molar refractivity (Wildman–Crippen MR) is 98.3 cm³/mol. The summed E-state index contributed by atoms with van der Waals surface area (Å²) in [5.41, 5.74) is 0.850. The van der Waals surface area contributed by atoms with E-state index in [0.29, 0.717) is 11.3 Å². The van der Waals surface area contributed by atoms with E-state index in [9.17, 15) is 18.4 Å². The normalized spacial score (nSPS) is 10.4. The van der Waals surface area contributed by atoms with Crippen molar-refractivity contribution in [1.29, 1.82) is 0 Å². The van der Waals surface area contributed by atoms with Crippen LogP contribution in [0, 0.1) is 12.3 Å². The molecular weight excluding hydrogens is 354 g/mol. The summed E-state index contributed by atoms with van der Waals surface area (Å²) >= 11 is 0. The highest BCUT2D eigenvalue weighted by atomic mass is 19.3. The molecule has 0 aliphatic carbocycles. The molecule has 5 nitrogen and oxygen atoms in total. The number of carbonyl (C=O) groups is 2. The number of alkyl halides is 2. The summed E-state index contributed by atoms with van der Waals surface area (Å²) in [6.45, 7) is -2.91. The van der Waals surface area contributed by atoms with Gasteiger partial charge in [-0.15, -0.1) is 6.42 Å². The van der Waals surface area contributed by atoms with Crippen molar-refractivity contribution in [3.63, 3.8) is 0 Å². The Morgan fingerprint density at radius 3 is 2.59 bits per heavy atom.